The SMILES string of the molecule is O=C(C1COc2ccccc2O1)n1ccnc1. The van der Waals surface area contributed by atoms with Crippen molar-refractivity contribution in [3.63, 3.8) is 0 Å². The van der Waals surface area contributed by atoms with Crippen molar-refractivity contribution in [2.45, 2.75) is 6.10 Å². The van der Waals surface area contributed by atoms with Crippen LogP contribution in [0, 0.1) is 0 Å². The van der Waals surface area contributed by atoms with E-state index in [0.29, 0.717) is 11.5 Å². The van der Waals surface area contributed by atoms with Crippen molar-refractivity contribution < 1.29 is 14.3 Å². The lowest BCUT2D eigenvalue weighted by Gasteiger charge is -2.25. The van der Waals surface area contributed by atoms with Crippen LogP contribution in [0.25, 0.3) is 0 Å². The van der Waals surface area contributed by atoms with E-state index in [0.717, 1.165) is 0 Å². The van der Waals surface area contributed by atoms with Crippen LogP contribution in [0.1, 0.15) is 4.79 Å². The molecule has 86 valence electrons. The van der Waals surface area contributed by atoms with Crippen molar-refractivity contribution in [1.29, 1.82) is 0 Å². The van der Waals surface area contributed by atoms with Crippen molar-refractivity contribution in [3.8, 4) is 11.5 Å². The van der Waals surface area contributed by atoms with Crippen molar-refractivity contribution >= 4 is 5.91 Å². The third-order valence-corrected chi connectivity index (χ3v) is 2.54. The van der Waals surface area contributed by atoms with Crippen LogP contribution in [-0.2, 0) is 0 Å². The standard InChI is InChI=1S/C12H10N2O3/c15-12(14-6-5-13-8-14)11-7-16-9-3-1-2-4-10(9)17-11/h1-6,8,11H,7H2. The molecule has 0 radical (unpaired) electrons. The van der Waals surface area contributed by atoms with Gasteiger partial charge in [-0.25, -0.2) is 4.98 Å². The van der Waals surface area contributed by atoms with Gasteiger partial charge in [0.15, 0.2) is 11.5 Å². The highest BCUT2D eigenvalue weighted by Gasteiger charge is 2.27. The fraction of sp³-hybridized carbons (Fsp3) is 0.167. The van der Waals surface area contributed by atoms with E-state index in [1.807, 2.05) is 18.2 Å². The zero-order valence-corrected chi connectivity index (χ0v) is 8.95. The summed E-state index contributed by atoms with van der Waals surface area (Å²) in [5, 5.41) is 0. The molecule has 2 aromatic rings. The molecular formula is C12H10N2O3. The van der Waals surface area contributed by atoms with Crippen LogP contribution in [-0.4, -0.2) is 28.2 Å². The summed E-state index contributed by atoms with van der Waals surface area (Å²) in [6.07, 6.45) is 3.97. The quantitative estimate of drug-likeness (QED) is 0.742. The van der Waals surface area contributed by atoms with E-state index in [1.54, 1.807) is 18.5 Å². The molecule has 1 aliphatic heterocycles. The molecule has 0 aliphatic carbocycles. The summed E-state index contributed by atoms with van der Waals surface area (Å²) in [6.45, 7) is 0.216. The van der Waals surface area contributed by atoms with Crippen LogP contribution >= 0.6 is 0 Å². The molecule has 17 heavy (non-hydrogen) atoms. The Morgan fingerprint density at radius 3 is 2.94 bits per heavy atom. The number of para-hydroxylation sites is 2. The van der Waals surface area contributed by atoms with Crippen molar-refractivity contribution in [1.82, 2.24) is 9.55 Å². The molecule has 5 nitrogen and oxygen atoms in total. The van der Waals surface area contributed by atoms with E-state index in [-0.39, 0.29) is 12.5 Å². The first-order valence-electron chi connectivity index (χ1n) is 5.25. The molecular weight excluding hydrogens is 220 g/mol. The molecule has 1 aromatic heterocycles. The third-order valence-electron chi connectivity index (χ3n) is 2.54. The van der Waals surface area contributed by atoms with Gasteiger partial charge < -0.3 is 9.47 Å². The highest BCUT2D eigenvalue weighted by Crippen LogP contribution is 2.31. The topological polar surface area (TPSA) is 53.4 Å². The first-order valence-corrected chi connectivity index (χ1v) is 5.25. The predicted molar refractivity (Wildman–Crippen MR) is 59.2 cm³/mol. The molecule has 0 saturated heterocycles. The lowest BCUT2D eigenvalue weighted by atomic mass is 10.2. The van der Waals surface area contributed by atoms with E-state index in [2.05, 4.69) is 4.98 Å². The minimum absolute atomic E-state index is 0.183. The number of rotatable bonds is 1. The fourth-order valence-corrected chi connectivity index (χ4v) is 1.70. The summed E-state index contributed by atoms with van der Waals surface area (Å²) in [7, 11) is 0. The maximum absolute atomic E-state index is 12.0. The predicted octanol–water partition coefficient (Wildman–Crippen LogP) is 1.36. The number of imidazole rings is 1. The number of hydrogen-bond acceptors (Lipinski definition) is 4. The molecule has 1 unspecified atom stereocenters. The Balaban J connectivity index is 1.83. The first-order chi connectivity index (χ1) is 8.34. The zero-order chi connectivity index (χ0) is 11.7. The molecule has 1 atom stereocenters. The summed E-state index contributed by atoms with van der Waals surface area (Å²) in [5.41, 5.74) is 0. The van der Waals surface area contributed by atoms with E-state index in [9.17, 15) is 4.79 Å². The van der Waals surface area contributed by atoms with Crippen LogP contribution in [0.4, 0.5) is 0 Å². The van der Waals surface area contributed by atoms with E-state index < -0.39 is 6.10 Å². The van der Waals surface area contributed by atoms with Crippen LogP contribution in [0.15, 0.2) is 43.0 Å². The molecule has 0 fully saturated rings. The fourth-order valence-electron chi connectivity index (χ4n) is 1.70. The lowest BCUT2D eigenvalue weighted by molar-refractivity contribution is 0.0501. The normalized spacial score (nSPS) is 17.8. The summed E-state index contributed by atoms with van der Waals surface area (Å²) < 4.78 is 12.5. The number of ether oxygens (including phenoxy) is 2. The number of carbonyl (C=O) groups is 1. The van der Waals surface area contributed by atoms with Gasteiger partial charge in [-0.05, 0) is 12.1 Å². The second-order valence-corrected chi connectivity index (χ2v) is 3.67. The Bertz CT molecular complexity index is 536. The molecule has 5 heteroatoms. The van der Waals surface area contributed by atoms with Gasteiger partial charge in [0.1, 0.15) is 12.9 Å². The Morgan fingerprint density at radius 1 is 1.35 bits per heavy atom. The number of hydrogen-bond donors (Lipinski definition) is 0. The van der Waals surface area contributed by atoms with Gasteiger partial charge in [0.25, 0.3) is 5.91 Å². The molecule has 1 aromatic carbocycles. The van der Waals surface area contributed by atoms with Crippen LogP contribution < -0.4 is 9.47 Å². The monoisotopic (exact) mass is 230 g/mol. The number of aromatic nitrogens is 2. The number of carbonyl (C=O) groups excluding carboxylic acids is 1. The molecule has 0 bridgehead atoms. The number of nitrogens with zero attached hydrogens (tertiary/aromatic N) is 2. The van der Waals surface area contributed by atoms with Crippen molar-refractivity contribution in [3.05, 3.63) is 43.0 Å². The summed E-state index contributed by atoms with van der Waals surface area (Å²) in [6, 6.07) is 7.29. The maximum Gasteiger partial charge on any atom is 0.276 e. The van der Waals surface area contributed by atoms with Crippen LogP contribution in [0.2, 0.25) is 0 Å². The van der Waals surface area contributed by atoms with Gasteiger partial charge in [0.2, 0.25) is 6.10 Å². The lowest BCUT2D eigenvalue weighted by Crippen LogP contribution is -2.39. The first kappa shape index (κ1) is 9.89. The molecule has 3 rings (SSSR count). The largest absolute Gasteiger partial charge is 0.485 e. The molecule has 2 heterocycles. The second-order valence-electron chi connectivity index (χ2n) is 3.67. The molecule has 0 spiro atoms. The van der Waals surface area contributed by atoms with Crippen molar-refractivity contribution in [2.75, 3.05) is 6.61 Å². The average molecular weight is 230 g/mol. The Morgan fingerprint density at radius 2 is 2.18 bits per heavy atom. The van der Waals surface area contributed by atoms with Gasteiger partial charge in [-0.3, -0.25) is 9.36 Å². The molecule has 1 aliphatic rings. The Labute approximate surface area is 97.6 Å². The summed E-state index contributed by atoms with van der Waals surface area (Å²) in [5.74, 6) is 1.08. The highest BCUT2D eigenvalue weighted by atomic mass is 16.6. The van der Waals surface area contributed by atoms with E-state index >= 15 is 0 Å². The van der Waals surface area contributed by atoms with Crippen molar-refractivity contribution in [2.24, 2.45) is 0 Å². The highest BCUT2D eigenvalue weighted by molar-refractivity contribution is 5.84. The van der Waals surface area contributed by atoms with Gasteiger partial charge in [0.05, 0.1) is 0 Å². The minimum atomic E-state index is -0.626. The smallest absolute Gasteiger partial charge is 0.276 e. The summed E-state index contributed by atoms with van der Waals surface area (Å²) >= 11 is 0. The maximum atomic E-state index is 12.0. The molecule has 0 saturated carbocycles. The average Bonchev–Trinajstić information content (AvgIpc) is 2.91. The van der Waals surface area contributed by atoms with Gasteiger partial charge >= 0.3 is 0 Å². The minimum Gasteiger partial charge on any atom is -0.485 e. The Kier molecular flexibility index (Phi) is 2.29. The van der Waals surface area contributed by atoms with Crippen LogP contribution in [0.3, 0.4) is 0 Å². The Hall–Kier alpha value is -2.30. The molecule has 0 N–H and O–H groups in total. The van der Waals surface area contributed by atoms with Gasteiger partial charge in [-0.2, -0.15) is 0 Å². The zero-order valence-electron chi connectivity index (χ0n) is 8.95. The van der Waals surface area contributed by atoms with E-state index in [1.165, 1.54) is 10.9 Å². The number of fused-ring (bicyclic) bond motifs is 1. The van der Waals surface area contributed by atoms with Gasteiger partial charge in [0, 0.05) is 12.4 Å². The third kappa shape index (κ3) is 1.75. The van der Waals surface area contributed by atoms with Crippen LogP contribution in [0.5, 0.6) is 11.5 Å². The second kappa shape index (κ2) is 3.93. The summed E-state index contributed by atoms with van der Waals surface area (Å²) in [4.78, 5) is 15.8. The van der Waals surface area contributed by atoms with Gasteiger partial charge in [-0.15, -0.1) is 0 Å². The number of benzene rings is 1. The van der Waals surface area contributed by atoms with Gasteiger partial charge in [-0.1, -0.05) is 12.1 Å². The molecule has 0 amide bonds. The van der Waals surface area contributed by atoms with E-state index in [4.69, 9.17) is 9.47 Å².